The zero-order valence-corrected chi connectivity index (χ0v) is 16.5. The van der Waals surface area contributed by atoms with Gasteiger partial charge in [-0.1, -0.05) is 18.2 Å². The van der Waals surface area contributed by atoms with Crippen molar-refractivity contribution < 1.29 is 19.1 Å². The second kappa shape index (κ2) is 8.28. The number of aromatic nitrogens is 1. The number of hydrogen-bond acceptors (Lipinski definition) is 4. The molecule has 3 aromatic rings. The van der Waals surface area contributed by atoms with Gasteiger partial charge in [-0.05, 0) is 41.8 Å². The molecule has 8 nitrogen and oxygen atoms in total. The highest BCUT2D eigenvalue weighted by molar-refractivity contribution is 6.22. The van der Waals surface area contributed by atoms with E-state index in [0.29, 0.717) is 24.5 Å². The van der Waals surface area contributed by atoms with Crippen LogP contribution in [0, 0.1) is 0 Å². The number of imide groups is 1. The molecule has 0 radical (unpaired) electrons. The lowest BCUT2D eigenvalue weighted by Gasteiger charge is -2.13. The minimum absolute atomic E-state index is 0.107. The quantitative estimate of drug-likeness (QED) is 0.589. The van der Waals surface area contributed by atoms with Crippen LogP contribution in [0.2, 0.25) is 0 Å². The van der Waals surface area contributed by atoms with Crippen molar-refractivity contribution in [3.05, 3.63) is 60.8 Å². The first-order valence-electron chi connectivity index (χ1n) is 9.66. The second-order valence-electron chi connectivity index (χ2n) is 7.00. The number of methoxy groups -OCH3 is 1. The number of anilines is 1. The number of carbonyl (C=O) groups is 3. The molecule has 0 bridgehead atoms. The first-order chi connectivity index (χ1) is 14.6. The molecule has 4 rings (SSSR count). The van der Waals surface area contributed by atoms with Crippen LogP contribution < -0.4 is 20.3 Å². The summed E-state index contributed by atoms with van der Waals surface area (Å²) in [5, 5.41) is 6.54. The number of urea groups is 1. The van der Waals surface area contributed by atoms with E-state index in [9.17, 15) is 14.4 Å². The van der Waals surface area contributed by atoms with Crippen LogP contribution in [0.4, 0.5) is 10.5 Å². The molecule has 1 aromatic heterocycles. The summed E-state index contributed by atoms with van der Waals surface area (Å²) >= 11 is 0. The van der Waals surface area contributed by atoms with Crippen molar-refractivity contribution in [2.45, 2.75) is 19.0 Å². The molecule has 2 heterocycles. The normalized spacial score (nSPS) is 16.0. The summed E-state index contributed by atoms with van der Waals surface area (Å²) in [6, 6.07) is 15.2. The van der Waals surface area contributed by atoms with Crippen molar-refractivity contribution >= 4 is 34.4 Å². The zero-order valence-electron chi connectivity index (χ0n) is 16.5. The van der Waals surface area contributed by atoms with Gasteiger partial charge >= 0.3 is 6.03 Å². The van der Waals surface area contributed by atoms with Crippen molar-refractivity contribution in [2.24, 2.45) is 0 Å². The predicted octanol–water partition coefficient (Wildman–Crippen LogP) is 2.28. The van der Waals surface area contributed by atoms with Gasteiger partial charge < -0.3 is 19.9 Å². The molecule has 1 fully saturated rings. The lowest BCUT2D eigenvalue weighted by molar-refractivity contribution is -0.125. The Morgan fingerprint density at radius 3 is 2.63 bits per heavy atom. The number of fused-ring (bicyclic) bond motifs is 1. The Morgan fingerprint density at radius 2 is 1.87 bits per heavy atom. The smallest absolute Gasteiger partial charge is 0.329 e. The van der Waals surface area contributed by atoms with E-state index in [-0.39, 0.29) is 12.3 Å². The Morgan fingerprint density at radius 1 is 1.10 bits per heavy atom. The summed E-state index contributed by atoms with van der Waals surface area (Å²) in [7, 11) is 1.54. The van der Waals surface area contributed by atoms with Gasteiger partial charge in [0.05, 0.1) is 19.2 Å². The Balaban J connectivity index is 1.32. The predicted molar refractivity (Wildman–Crippen MR) is 112 cm³/mol. The molecule has 0 spiro atoms. The molecule has 0 aliphatic carbocycles. The highest BCUT2D eigenvalue weighted by Gasteiger charge is 2.39. The average molecular weight is 406 g/mol. The van der Waals surface area contributed by atoms with E-state index in [4.69, 9.17) is 4.74 Å². The highest BCUT2D eigenvalue weighted by atomic mass is 16.5. The number of rotatable bonds is 7. The Hall–Kier alpha value is -3.81. The lowest BCUT2D eigenvalue weighted by atomic mass is 10.2. The first kappa shape index (κ1) is 19.5. The number of nitrogens with zero attached hydrogens (tertiary/aromatic N) is 2. The van der Waals surface area contributed by atoms with E-state index in [1.807, 2.05) is 36.5 Å². The maximum atomic E-state index is 12.6. The maximum Gasteiger partial charge on any atom is 0.329 e. The Labute approximate surface area is 173 Å². The second-order valence-corrected chi connectivity index (χ2v) is 7.00. The number of para-hydroxylation sites is 1. The number of carbonyl (C=O) groups excluding carboxylic acids is 3. The molecule has 154 valence electrons. The monoisotopic (exact) mass is 406 g/mol. The third-order valence-corrected chi connectivity index (χ3v) is 5.09. The van der Waals surface area contributed by atoms with Crippen molar-refractivity contribution in [3.63, 3.8) is 0 Å². The average Bonchev–Trinajstić information content (AvgIpc) is 3.29. The molecule has 1 aliphatic rings. The molecular formula is C22H22N4O4. The van der Waals surface area contributed by atoms with Crippen LogP contribution in [-0.2, 0) is 16.1 Å². The van der Waals surface area contributed by atoms with Crippen LogP contribution in [0.3, 0.4) is 0 Å². The van der Waals surface area contributed by atoms with E-state index in [1.165, 1.54) is 7.11 Å². The van der Waals surface area contributed by atoms with Gasteiger partial charge in [0.25, 0.3) is 5.91 Å². The van der Waals surface area contributed by atoms with E-state index in [1.54, 1.807) is 24.3 Å². The van der Waals surface area contributed by atoms with Gasteiger partial charge in [0, 0.05) is 24.8 Å². The SMILES string of the molecule is COc1ccc(N2C(=O)NC(CC(=O)NCCn3ccc4ccccc43)C2=O)cc1. The summed E-state index contributed by atoms with van der Waals surface area (Å²) in [5.74, 6) is -0.115. The summed E-state index contributed by atoms with van der Waals surface area (Å²) in [6.45, 7) is 1.04. The third-order valence-electron chi connectivity index (χ3n) is 5.09. The zero-order chi connectivity index (χ0) is 21.1. The maximum absolute atomic E-state index is 12.6. The van der Waals surface area contributed by atoms with Crippen LogP contribution in [0.1, 0.15) is 6.42 Å². The molecule has 1 saturated heterocycles. The molecule has 8 heteroatoms. The highest BCUT2D eigenvalue weighted by Crippen LogP contribution is 2.23. The van der Waals surface area contributed by atoms with E-state index >= 15 is 0 Å². The third kappa shape index (κ3) is 3.84. The molecule has 1 atom stereocenters. The topological polar surface area (TPSA) is 92.7 Å². The van der Waals surface area contributed by atoms with Gasteiger partial charge in [-0.2, -0.15) is 0 Å². The van der Waals surface area contributed by atoms with Crippen molar-refractivity contribution in [3.8, 4) is 5.75 Å². The van der Waals surface area contributed by atoms with Gasteiger partial charge in [0.2, 0.25) is 5.91 Å². The van der Waals surface area contributed by atoms with E-state index in [0.717, 1.165) is 15.8 Å². The fourth-order valence-corrected chi connectivity index (χ4v) is 3.55. The van der Waals surface area contributed by atoms with Crippen LogP contribution in [-0.4, -0.2) is 42.1 Å². The number of amides is 4. The van der Waals surface area contributed by atoms with E-state index in [2.05, 4.69) is 15.2 Å². The lowest BCUT2D eigenvalue weighted by Crippen LogP contribution is -2.37. The largest absolute Gasteiger partial charge is 0.497 e. The van der Waals surface area contributed by atoms with Crippen molar-refractivity contribution in [1.29, 1.82) is 0 Å². The summed E-state index contributed by atoms with van der Waals surface area (Å²) in [4.78, 5) is 38.2. The van der Waals surface area contributed by atoms with Gasteiger partial charge in [0.1, 0.15) is 11.8 Å². The van der Waals surface area contributed by atoms with Crippen LogP contribution in [0.25, 0.3) is 10.9 Å². The number of nitrogens with one attached hydrogen (secondary N) is 2. The van der Waals surface area contributed by atoms with Crippen LogP contribution in [0.5, 0.6) is 5.75 Å². The first-order valence-corrected chi connectivity index (χ1v) is 9.66. The Kier molecular flexibility index (Phi) is 5.38. The Bertz CT molecular complexity index is 1090. The molecular weight excluding hydrogens is 384 g/mol. The van der Waals surface area contributed by atoms with Crippen molar-refractivity contribution in [2.75, 3.05) is 18.6 Å². The summed E-state index contributed by atoms with van der Waals surface area (Å²) in [6.07, 6.45) is 1.87. The molecule has 0 saturated carbocycles. The molecule has 1 aliphatic heterocycles. The number of hydrogen-bond donors (Lipinski definition) is 2. The van der Waals surface area contributed by atoms with Crippen LogP contribution >= 0.6 is 0 Å². The summed E-state index contributed by atoms with van der Waals surface area (Å²) in [5.41, 5.74) is 1.53. The van der Waals surface area contributed by atoms with Gasteiger partial charge in [0.15, 0.2) is 0 Å². The molecule has 2 N–H and O–H groups in total. The molecule has 30 heavy (non-hydrogen) atoms. The van der Waals surface area contributed by atoms with Gasteiger partial charge in [-0.25, -0.2) is 9.69 Å². The fraction of sp³-hybridized carbons (Fsp3) is 0.227. The minimum Gasteiger partial charge on any atom is -0.497 e. The number of benzene rings is 2. The molecule has 1 unspecified atom stereocenters. The van der Waals surface area contributed by atoms with Gasteiger partial charge in [-0.3, -0.25) is 9.59 Å². The van der Waals surface area contributed by atoms with Crippen molar-refractivity contribution in [1.82, 2.24) is 15.2 Å². The van der Waals surface area contributed by atoms with Crippen LogP contribution in [0.15, 0.2) is 60.8 Å². The number of ether oxygens (including phenoxy) is 1. The standard InChI is InChI=1S/C22H22N4O4/c1-30-17-8-6-16(7-9-17)26-21(28)18(24-22(26)29)14-20(27)23-11-13-25-12-10-15-4-2-3-5-19(15)25/h2-10,12,18H,11,13-14H2,1H3,(H,23,27)(H,24,29). The molecule has 4 amide bonds. The fourth-order valence-electron chi connectivity index (χ4n) is 3.55. The minimum atomic E-state index is -0.882. The molecule has 2 aromatic carbocycles. The van der Waals surface area contributed by atoms with E-state index < -0.39 is 18.0 Å². The summed E-state index contributed by atoms with van der Waals surface area (Å²) < 4.78 is 7.15. The van der Waals surface area contributed by atoms with Gasteiger partial charge in [-0.15, -0.1) is 0 Å².